The van der Waals surface area contributed by atoms with Gasteiger partial charge in [-0.2, -0.15) is 0 Å². The fourth-order valence-corrected chi connectivity index (χ4v) is 4.38. The molecule has 0 aromatic carbocycles. The summed E-state index contributed by atoms with van der Waals surface area (Å²) in [6.07, 6.45) is 6.51. The molecule has 8 heteroatoms. The van der Waals surface area contributed by atoms with Crippen LogP contribution in [-0.2, 0) is 14.4 Å². The number of nitrogens with one attached hydrogen (secondary N) is 1. The third-order valence-electron chi connectivity index (χ3n) is 6.16. The number of nitrogens with zero attached hydrogens (tertiary/aromatic N) is 3. The van der Waals surface area contributed by atoms with E-state index < -0.39 is 0 Å². The zero-order valence-electron chi connectivity index (χ0n) is 16.5. The summed E-state index contributed by atoms with van der Waals surface area (Å²) in [6.45, 7) is 2.49. The van der Waals surface area contributed by atoms with E-state index in [4.69, 9.17) is 11.6 Å². The Bertz CT molecular complexity index is 773. The number of rotatable bonds is 4. The summed E-state index contributed by atoms with van der Waals surface area (Å²) in [5.41, 5.74) is 0. The van der Waals surface area contributed by atoms with Gasteiger partial charge < -0.3 is 15.1 Å². The average molecular weight is 419 g/mol. The second-order valence-corrected chi connectivity index (χ2v) is 8.78. The standard InChI is InChI=1S/C21H27ClN4O3/c22-17-5-6-18(23-12-17)24-19(27)14-7-10-25(11-8-14)21(29)16-2-1-9-26(13-16)20(28)15-3-4-15/h5-6,12,14-16H,1-4,7-11,13H2,(H,23,24,27). The van der Waals surface area contributed by atoms with Crippen LogP contribution in [-0.4, -0.2) is 58.7 Å². The molecule has 7 nitrogen and oxygen atoms in total. The molecule has 3 aliphatic rings. The smallest absolute Gasteiger partial charge is 0.228 e. The maximum Gasteiger partial charge on any atom is 0.228 e. The van der Waals surface area contributed by atoms with Crippen LogP contribution in [0.15, 0.2) is 18.3 Å². The molecule has 1 aliphatic carbocycles. The van der Waals surface area contributed by atoms with Crippen LogP contribution >= 0.6 is 11.6 Å². The number of hydrogen-bond donors (Lipinski definition) is 1. The molecule has 156 valence electrons. The average Bonchev–Trinajstić information content (AvgIpc) is 3.60. The monoisotopic (exact) mass is 418 g/mol. The number of aromatic nitrogens is 1. The molecule has 4 rings (SSSR count). The summed E-state index contributed by atoms with van der Waals surface area (Å²) in [5.74, 6) is 0.760. The van der Waals surface area contributed by atoms with Crippen molar-refractivity contribution in [1.82, 2.24) is 14.8 Å². The van der Waals surface area contributed by atoms with E-state index >= 15 is 0 Å². The first-order valence-electron chi connectivity index (χ1n) is 10.5. The Morgan fingerprint density at radius 2 is 1.62 bits per heavy atom. The highest BCUT2D eigenvalue weighted by Gasteiger charge is 2.38. The van der Waals surface area contributed by atoms with Crippen molar-refractivity contribution in [3.05, 3.63) is 23.4 Å². The third kappa shape index (κ3) is 4.89. The molecular formula is C21H27ClN4O3. The first-order valence-corrected chi connectivity index (χ1v) is 10.9. The lowest BCUT2D eigenvalue weighted by atomic mass is 9.92. The predicted molar refractivity (Wildman–Crippen MR) is 109 cm³/mol. The van der Waals surface area contributed by atoms with Gasteiger partial charge in [-0.05, 0) is 50.7 Å². The fraction of sp³-hybridized carbons (Fsp3) is 0.619. The van der Waals surface area contributed by atoms with E-state index in [1.54, 1.807) is 12.1 Å². The maximum absolute atomic E-state index is 13.0. The Morgan fingerprint density at radius 3 is 2.28 bits per heavy atom. The Balaban J connectivity index is 1.26. The Kier molecular flexibility index (Phi) is 6.04. The molecule has 2 saturated heterocycles. The number of carbonyl (C=O) groups excluding carboxylic acids is 3. The molecular weight excluding hydrogens is 392 g/mol. The summed E-state index contributed by atoms with van der Waals surface area (Å²) in [4.78, 5) is 45.7. The molecule has 3 amide bonds. The van der Waals surface area contributed by atoms with Gasteiger partial charge >= 0.3 is 0 Å². The zero-order valence-corrected chi connectivity index (χ0v) is 17.2. The number of halogens is 1. The van der Waals surface area contributed by atoms with Gasteiger partial charge in [0.05, 0.1) is 10.9 Å². The largest absolute Gasteiger partial charge is 0.342 e. The van der Waals surface area contributed by atoms with Crippen LogP contribution in [0.4, 0.5) is 5.82 Å². The summed E-state index contributed by atoms with van der Waals surface area (Å²) in [7, 11) is 0. The lowest BCUT2D eigenvalue weighted by Crippen LogP contribution is -2.49. The van der Waals surface area contributed by atoms with Crippen LogP contribution in [0.25, 0.3) is 0 Å². The first kappa shape index (κ1) is 20.1. The minimum atomic E-state index is -0.129. The molecule has 0 bridgehead atoms. The highest BCUT2D eigenvalue weighted by atomic mass is 35.5. The maximum atomic E-state index is 13.0. The van der Waals surface area contributed by atoms with Gasteiger partial charge in [0.25, 0.3) is 0 Å². The summed E-state index contributed by atoms with van der Waals surface area (Å²) >= 11 is 5.82. The van der Waals surface area contributed by atoms with Gasteiger partial charge in [-0.1, -0.05) is 11.6 Å². The molecule has 1 unspecified atom stereocenters. The van der Waals surface area contributed by atoms with Crippen LogP contribution in [0.5, 0.6) is 0 Å². The molecule has 3 fully saturated rings. The highest BCUT2D eigenvalue weighted by molar-refractivity contribution is 6.30. The molecule has 1 atom stereocenters. The van der Waals surface area contributed by atoms with Crippen molar-refractivity contribution in [2.24, 2.45) is 17.8 Å². The van der Waals surface area contributed by atoms with Gasteiger partial charge in [0.2, 0.25) is 17.7 Å². The van der Waals surface area contributed by atoms with Gasteiger partial charge in [0, 0.05) is 44.2 Å². The molecule has 2 aliphatic heterocycles. The van der Waals surface area contributed by atoms with Crippen molar-refractivity contribution < 1.29 is 14.4 Å². The van der Waals surface area contributed by atoms with Crippen LogP contribution < -0.4 is 5.32 Å². The van der Waals surface area contributed by atoms with Crippen LogP contribution in [0.3, 0.4) is 0 Å². The molecule has 29 heavy (non-hydrogen) atoms. The summed E-state index contributed by atoms with van der Waals surface area (Å²) in [6, 6.07) is 3.36. The molecule has 1 N–H and O–H groups in total. The van der Waals surface area contributed by atoms with Crippen molar-refractivity contribution >= 4 is 35.1 Å². The number of amides is 3. The van der Waals surface area contributed by atoms with Gasteiger partial charge in [-0.25, -0.2) is 4.98 Å². The van der Waals surface area contributed by atoms with E-state index in [1.807, 2.05) is 9.80 Å². The van der Waals surface area contributed by atoms with E-state index in [0.717, 1.165) is 32.2 Å². The van der Waals surface area contributed by atoms with Gasteiger partial charge in [-0.15, -0.1) is 0 Å². The van der Waals surface area contributed by atoms with Crippen molar-refractivity contribution in [2.75, 3.05) is 31.5 Å². The second kappa shape index (κ2) is 8.69. The number of anilines is 1. The van der Waals surface area contributed by atoms with Crippen molar-refractivity contribution in [3.8, 4) is 0 Å². The van der Waals surface area contributed by atoms with Crippen molar-refractivity contribution in [1.29, 1.82) is 0 Å². The molecule has 1 saturated carbocycles. The zero-order chi connectivity index (χ0) is 20.4. The Hall–Kier alpha value is -2.15. The van der Waals surface area contributed by atoms with E-state index in [1.165, 1.54) is 6.20 Å². The lowest BCUT2D eigenvalue weighted by molar-refractivity contribution is -0.143. The van der Waals surface area contributed by atoms with E-state index in [0.29, 0.717) is 43.3 Å². The highest BCUT2D eigenvalue weighted by Crippen LogP contribution is 2.33. The quantitative estimate of drug-likeness (QED) is 0.814. The topological polar surface area (TPSA) is 82.6 Å². The number of carbonyl (C=O) groups is 3. The summed E-state index contributed by atoms with van der Waals surface area (Å²) in [5, 5.41) is 3.35. The fourth-order valence-electron chi connectivity index (χ4n) is 4.27. The van der Waals surface area contributed by atoms with E-state index in [-0.39, 0.29) is 35.5 Å². The SMILES string of the molecule is O=C(Nc1ccc(Cl)cn1)C1CCN(C(=O)C2CCCN(C(=O)C3CC3)C2)CC1. The number of likely N-dealkylation sites (tertiary alicyclic amines) is 2. The van der Waals surface area contributed by atoms with Gasteiger partial charge in [0.1, 0.15) is 5.82 Å². The minimum absolute atomic E-state index is 0.0641. The third-order valence-corrected chi connectivity index (χ3v) is 6.39. The first-order chi connectivity index (χ1) is 14.0. The predicted octanol–water partition coefficient (Wildman–Crippen LogP) is 2.56. The molecule has 1 aromatic heterocycles. The van der Waals surface area contributed by atoms with E-state index in [2.05, 4.69) is 10.3 Å². The molecule has 0 radical (unpaired) electrons. The van der Waals surface area contributed by atoms with Gasteiger partial charge in [0.15, 0.2) is 0 Å². The van der Waals surface area contributed by atoms with E-state index in [9.17, 15) is 14.4 Å². The minimum Gasteiger partial charge on any atom is -0.342 e. The van der Waals surface area contributed by atoms with Gasteiger partial charge in [-0.3, -0.25) is 14.4 Å². The summed E-state index contributed by atoms with van der Waals surface area (Å²) < 4.78 is 0. The molecule has 1 aromatic rings. The van der Waals surface area contributed by atoms with Crippen LogP contribution in [0, 0.1) is 17.8 Å². The Morgan fingerprint density at radius 1 is 0.897 bits per heavy atom. The number of piperidine rings is 2. The number of hydrogen-bond acceptors (Lipinski definition) is 4. The van der Waals surface area contributed by atoms with Crippen LogP contribution in [0.2, 0.25) is 5.02 Å². The normalized spacial score (nSPS) is 23.0. The lowest BCUT2D eigenvalue weighted by Gasteiger charge is -2.37. The van der Waals surface area contributed by atoms with Crippen molar-refractivity contribution in [3.63, 3.8) is 0 Å². The number of pyridine rings is 1. The molecule has 0 spiro atoms. The molecule has 3 heterocycles. The Labute approximate surface area is 175 Å². The van der Waals surface area contributed by atoms with Crippen LogP contribution in [0.1, 0.15) is 38.5 Å². The second-order valence-electron chi connectivity index (χ2n) is 8.35. The van der Waals surface area contributed by atoms with Crippen molar-refractivity contribution in [2.45, 2.75) is 38.5 Å².